The Labute approximate surface area is 215 Å². The fourth-order valence-electron chi connectivity index (χ4n) is 3.90. The maximum atomic E-state index is 13.7. The number of aliphatic hydroxyl groups excluding tert-OH is 3. The fourth-order valence-corrected chi connectivity index (χ4v) is 3.90. The average Bonchev–Trinajstić information content (AvgIpc) is 3.19. The summed E-state index contributed by atoms with van der Waals surface area (Å²) in [6, 6.07) is 7.83. The van der Waals surface area contributed by atoms with Crippen molar-refractivity contribution in [3.63, 3.8) is 0 Å². The minimum Gasteiger partial charge on any atom is -0.394 e. The Morgan fingerprint density at radius 3 is 2.16 bits per heavy atom. The molecule has 1 aromatic carbocycles. The summed E-state index contributed by atoms with van der Waals surface area (Å²) < 4.78 is 6.97. The molecule has 9 heteroatoms. The van der Waals surface area contributed by atoms with Crippen LogP contribution in [0.4, 0.5) is 0 Å². The second kappa shape index (κ2) is 13.2. The number of benzene rings is 1. The first-order valence-electron chi connectivity index (χ1n) is 12.5. The summed E-state index contributed by atoms with van der Waals surface area (Å²) in [5, 5.41) is 30.6. The van der Waals surface area contributed by atoms with Gasteiger partial charge in [0.1, 0.15) is 29.6 Å². The summed E-state index contributed by atoms with van der Waals surface area (Å²) in [7, 11) is 0. The molecule has 1 aliphatic heterocycles. The quantitative estimate of drug-likeness (QED) is 0.381. The number of hydrogen-bond acceptors (Lipinski definition) is 7. The van der Waals surface area contributed by atoms with Crippen molar-refractivity contribution >= 4 is 5.91 Å². The van der Waals surface area contributed by atoms with Gasteiger partial charge in [0.05, 0.1) is 6.61 Å². The van der Waals surface area contributed by atoms with Crippen molar-refractivity contribution in [2.75, 3.05) is 6.61 Å². The molecule has 1 saturated heterocycles. The Morgan fingerprint density at radius 1 is 0.973 bits per heavy atom. The molecule has 1 aliphatic rings. The first kappa shape index (κ1) is 28.1. The summed E-state index contributed by atoms with van der Waals surface area (Å²) in [5.74, 6) is 10.6. The minimum atomic E-state index is -1.63. The lowest BCUT2D eigenvalue weighted by Crippen LogP contribution is -2.49. The number of rotatable bonds is 7. The van der Waals surface area contributed by atoms with Crippen LogP contribution < -0.4 is 11.2 Å². The van der Waals surface area contributed by atoms with Gasteiger partial charge < -0.3 is 20.1 Å². The SMILES string of the molecule is CCCCC#Cc1c(C#CCCCC)n([C@@H]2O[C@H](CO)[C@@H](O)[C@H]2O)c(=O)n(C(=O)c2ccccc2)c1=O. The van der Waals surface area contributed by atoms with E-state index < -0.39 is 48.3 Å². The third-order valence-corrected chi connectivity index (χ3v) is 6.02. The van der Waals surface area contributed by atoms with Crippen LogP contribution in [0.2, 0.25) is 0 Å². The zero-order chi connectivity index (χ0) is 26.9. The van der Waals surface area contributed by atoms with Gasteiger partial charge in [-0.15, -0.1) is 0 Å². The zero-order valence-corrected chi connectivity index (χ0v) is 21.0. The predicted octanol–water partition coefficient (Wildman–Crippen LogP) is 1.39. The van der Waals surface area contributed by atoms with E-state index in [1.54, 1.807) is 18.2 Å². The largest absolute Gasteiger partial charge is 0.394 e. The van der Waals surface area contributed by atoms with Gasteiger partial charge in [-0.3, -0.25) is 14.2 Å². The highest BCUT2D eigenvalue weighted by atomic mass is 16.6. The van der Waals surface area contributed by atoms with Gasteiger partial charge in [-0.2, -0.15) is 4.57 Å². The van der Waals surface area contributed by atoms with Gasteiger partial charge in [0.15, 0.2) is 6.23 Å². The molecule has 196 valence electrons. The monoisotopic (exact) mass is 508 g/mol. The lowest BCUT2D eigenvalue weighted by atomic mass is 10.1. The van der Waals surface area contributed by atoms with Crippen LogP contribution in [0.1, 0.15) is 80.2 Å². The summed E-state index contributed by atoms with van der Waals surface area (Å²) in [6.07, 6.45) is -1.53. The van der Waals surface area contributed by atoms with Crippen molar-refractivity contribution in [1.29, 1.82) is 0 Å². The third kappa shape index (κ3) is 6.10. The zero-order valence-electron chi connectivity index (χ0n) is 21.0. The molecule has 0 bridgehead atoms. The lowest BCUT2D eigenvalue weighted by molar-refractivity contribution is -0.0558. The van der Waals surface area contributed by atoms with E-state index in [9.17, 15) is 29.7 Å². The Hall–Kier alpha value is -3.47. The van der Waals surface area contributed by atoms with Crippen molar-refractivity contribution in [1.82, 2.24) is 9.13 Å². The van der Waals surface area contributed by atoms with Crippen LogP contribution in [0.5, 0.6) is 0 Å². The maximum absolute atomic E-state index is 13.7. The van der Waals surface area contributed by atoms with E-state index in [0.717, 1.165) is 30.3 Å². The van der Waals surface area contributed by atoms with Crippen LogP contribution >= 0.6 is 0 Å². The number of aliphatic hydroxyl groups is 3. The fraction of sp³-hybridized carbons (Fsp3) is 0.464. The van der Waals surface area contributed by atoms with Crippen LogP contribution in [-0.2, 0) is 4.74 Å². The molecule has 2 heterocycles. The smallest absolute Gasteiger partial charge is 0.341 e. The number of hydrogen-bond donors (Lipinski definition) is 3. The Kier molecular flexibility index (Phi) is 10.0. The summed E-state index contributed by atoms with van der Waals surface area (Å²) in [5.41, 5.74) is -2.21. The van der Waals surface area contributed by atoms with Crippen molar-refractivity contribution < 1.29 is 24.9 Å². The Morgan fingerprint density at radius 2 is 1.59 bits per heavy atom. The van der Waals surface area contributed by atoms with Crippen molar-refractivity contribution in [3.8, 4) is 23.7 Å². The van der Waals surface area contributed by atoms with Gasteiger partial charge in [-0.1, -0.05) is 62.6 Å². The molecule has 0 radical (unpaired) electrons. The highest BCUT2D eigenvalue weighted by Gasteiger charge is 2.45. The molecular formula is C28H32N2O7. The molecule has 0 amide bonds. The van der Waals surface area contributed by atoms with E-state index >= 15 is 0 Å². The molecule has 1 aromatic heterocycles. The van der Waals surface area contributed by atoms with Crippen molar-refractivity contribution in [2.45, 2.75) is 76.9 Å². The van der Waals surface area contributed by atoms with Gasteiger partial charge in [0.25, 0.3) is 11.5 Å². The van der Waals surface area contributed by atoms with E-state index in [-0.39, 0.29) is 16.8 Å². The molecule has 37 heavy (non-hydrogen) atoms. The van der Waals surface area contributed by atoms with Crippen LogP contribution in [0.3, 0.4) is 0 Å². The topological polar surface area (TPSA) is 131 Å². The second-order valence-electron chi connectivity index (χ2n) is 8.73. The maximum Gasteiger partial charge on any atom is 0.341 e. The molecule has 4 atom stereocenters. The number of aromatic nitrogens is 2. The van der Waals surface area contributed by atoms with Crippen molar-refractivity contribution in [3.05, 3.63) is 68.0 Å². The molecule has 0 saturated carbocycles. The van der Waals surface area contributed by atoms with Crippen LogP contribution in [0.15, 0.2) is 39.9 Å². The first-order chi connectivity index (χ1) is 17.9. The number of nitrogens with zero attached hydrogens (tertiary/aromatic N) is 2. The summed E-state index contributed by atoms with van der Waals surface area (Å²) >= 11 is 0. The molecule has 0 spiro atoms. The predicted molar refractivity (Wildman–Crippen MR) is 137 cm³/mol. The molecule has 3 rings (SSSR count). The highest BCUT2D eigenvalue weighted by Crippen LogP contribution is 2.29. The van der Waals surface area contributed by atoms with Gasteiger partial charge in [-0.05, 0) is 30.9 Å². The number of carbonyl (C=O) groups is 1. The van der Waals surface area contributed by atoms with E-state index in [4.69, 9.17) is 4.74 Å². The molecule has 3 N–H and O–H groups in total. The van der Waals surface area contributed by atoms with Crippen LogP contribution in [0, 0.1) is 23.7 Å². The van der Waals surface area contributed by atoms with E-state index in [0.29, 0.717) is 17.4 Å². The summed E-state index contributed by atoms with van der Waals surface area (Å²) in [4.78, 5) is 40.6. The van der Waals surface area contributed by atoms with Gasteiger partial charge in [0.2, 0.25) is 0 Å². The number of unbranched alkanes of at least 4 members (excludes halogenated alkanes) is 4. The van der Waals surface area contributed by atoms with Gasteiger partial charge in [0, 0.05) is 18.4 Å². The molecular weight excluding hydrogens is 476 g/mol. The lowest BCUT2D eigenvalue weighted by Gasteiger charge is -2.21. The van der Waals surface area contributed by atoms with Gasteiger partial charge in [-0.25, -0.2) is 4.79 Å². The van der Waals surface area contributed by atoms with E-state index in [1.807, 2.05) is 13.8 Å². The van der Waals surface area contributed by atoms with Gasteiger partial charge >= 0.3 is 5.69 Å². The molecule has 1 fully saturated rings. The van der Waals surface area contributed by atoms with Crippen LogP contribution in [0.25, 0.3) is 0 Å². The third-order valence-electron chi connectivity index (χ3n) is 6.02. The molecule has 2 aromatic rings. The Balaban J connectivity index is 2.35. The van der Waals surface area contributed by atoms with Crippen molar-refractivity contribution in [2.24, 2.45) is 0 Å². The molecule has 0 unspecified atom stereocenters. The van der Waals surface area contributed by atoms with Crippen LogP contribution in [-0.4, -0.2) is 55.3 Å². The molecule has 9 nitrogen and oxygen atoms in total. The average molecular weight is 509 g/mol. The normalized spacial score (nSPS) is 20.6. The molecule has 0 aliphatic carbocycles. The van der Waals surface area contributed by atoms with E-state index in [1.165, 1.54) is 12.1 Å². The second-order valence-corrected chi connectivity index (χ2v) is 8.73. The van der Waals surface area contributed by atoms with E-state index in [2.05, 4.69) is 23.7 Å². The Bertz CT molecular complexity index is 1340. The number of carbonyl (C=O) groups excluding carboxylic acids is 1. The highest BCUT2D eigenvalue weighted by molar-refractivity contribution is 5.95. The minimum absolute atomic E-state index is 0.0982. The number of ether oxygens (including phenoxy) is 1. The standard InChI is InChI=1S/C28H32N2O7/c1-3-5-7-12-16-20-21(17-13-8-6-4-2)29(27-24(33)23(32)22(18-31)37-27)28(36)30(26(20)35)25(34)19-14-10-9-11-15-19/h9-11,14-15,22-24,27,31-33H,3-8,18H2,1-2H3/t22-,23-,24-,27-/m1/s1. The first-order valence-corrected chi connectivity index (χ1v) is 12.5. The summed E-state index contributed by atoms with van der Waals surface area (Å²) in [6.45, 7) is 3.38.